The van der Waals surface area contributed by atoms with Gasteiger partial charge in [0.1, 0.15) is 11.8 Å². The van der Waals surface area contributed by atoms with Crippen molar-refractivity contribution in [3.63, 3.8) is 0 Å². The molecule has 0 radical (unpaired) electrons. The predicted molar refractivity (Wildman–Crippen MR) is 122 cm³/mol. The lowest BCUT2D eigenvalue weighted by Gasteiger charge is -2.42. The van der Waals surface area contributed by atoms with Gasteiger partial charge >= 0.3 is 12.1 Å². The van der Waals surface area contributed by atoms with Gasteiger partial charge in [0.2, 0.25) is 15.6 Å². The summed E-state index contributed by atoms with van der Waals surface area (Å²) in [6.45, 7) is 0.222. The van der Waals surface area contributed by atoms with Crippen LogP contribution >= 0.6 is 11.8 Å². The number of rotatable bonds is 9. The molecule has 0 aliphatic carbocycles. The molecule has 36 heavy (non-hydrogen) atoms. The van der Waals surface area contributed by atoms with E-state index >= 15 is 0 Å². The molecule has 3 rings (SSSR count). The normalized spacial score (nSPS) is 22.5. The molecule has 0 amide bonds. The molecule has 2 atom stereocenters. The van der Waals surface area contributed by atoms with Gasteiger partial charge in [0.15, 0.2) is 0 Å². The lowest BCUT2D eigenvalue weighted by Crippen LogP contribution is -2.51. The lowest BCUT2D eigenvalue weighted by molar-refractivity contribution is -0.206. The molecule has 11 nitrogen and oxygen atoms in total. The van der Waals surface area contributed by atoms with Crippen LogP contribution in [0.5, 0.6) is 5.75 Å². The summed E-state index contributed by atoms with van der Waals surface area (Å²) in [7, 11) is -2.25. The maximum atomic E-state index is 12.8. The Kier molecular flexibility index (Phi) is 9.44. The third-order valence-corrected chi connectivity index (χ3v) is 8.82. The van der Waals surface area contributed by atoms with Gasteiger partial charge in [0, 0.05) is 38.0 Å². The van der Waals surface area contributed by atoms with Crippen LogP contribution in [0, 0.1) is 16.5 Å². The molecule has 2 aliphatic rings. The second kappa shape index (κ2) is 11.9. The monoisotopic (exact) mass is 552 g/mol. The topological polar surface area (TPSA) is 138 Å². The summed E-state index contributed by atoms with van der Waals surface area (Å²) in [6, 6.07) is 6.63. The average molecular weight is 553 g/mol. The molecule has 0 spiro atoms. The Bertz CT molecular complexity index is 1050. The Morgan fingerprint density at radius 2 is 1.94 bits per heavy atom. The zero-order valence-corrected chi connectivity index (χ0v) is 20.8. The number of thioether (sulfide) groups is 1. The fourth-order valence-corrected chi connectivity index (χ4v) is 6.46. The first-order chi connectivity index (χ1) is 17.0. The summed E-state index contributed by atoms with van der Waals surface area (Å²) in [5, 5.41) is 22.3. The summed E-state index contributed by atoms with van der Waals surface area (Å²) in [5.74, 6) is -1.67. The van der Waals surface area contributed by atoms with Crippen LogP contribution in [0.4, 0.5) is 13.2 Å². The SMILES string of the molecule is COc1ccc(S(=O)(=O)N2CCC(N([O-])NCCN3C(C#N)CSC3OC(=O)C(F)(F)F)CC2)cc1. The summed E-state index contributed by atoms with van der Waals surface area (Å²) < 4.78 is 74.1. The van der Waals surface area contributed by atoms with E-state index in [-0.39, 0.29) is 49.7 Å². The maximum absolute atomic E-state index is 12.8. The number of ether oxygens (including phenoxy) is 2. The molecule has 0 saturated carbocycles. The Labute approximate surface area is 210 Å². The van der Waals surface area contributed by atoms with Gasteiger partial charge in [0.05, 0.1) is 18.1 Å². The van der Waals surface area contributed by atoms with E-state index in [0.717, 1.165) is 11.8 Å². The van der Waals surface area contributed by atoms with Gasteiger partial charge in [-0.25, -0.2) is 18.1 Å². The Morgan fingerprint density at radius 1 is 1.31 bits per heavy atom. The fourth-order valence-electron chi connectivity index (χ4n) is 3.78. The smallest absolute Gasteiger partial charge is 0.491 e. The number of benzene rings is 1. The number of methoxy groups -OCH3 is 1. The van der Waals surface area contributed by atoms with Gasteiger partial charge in [-0.05, 0) is 37.1 Å². The molecule has 1 N–H and O–H groups in total. The predicted octanol–water partition coefficient (Wildman–Crippen LogP) is 1.48. The van der Waals surface area contributed by atoms with Crippen molar-refractivity contribution in [1.29, 1.82) is 5.26 Å². The van der Waals surface area contributed by atoms with E-state index in [0.29, 0.717) is 10.9 Å². The summed E-state index contributed by atoms with van der Waals surface area (Å²) in [5.41, 5.74) is 1.30. The van der Waals surface area contributed by atoms with Crippen LogP contribution in [-0.2, 0) is 19.6 Å². The van der Waals surface area contributed by atoms with Crippen molar-refractivity contribution in [2.24, 2.45) is 0 Å². The first-order valence-electron chi connectivity index (χ1n) is 10.9. The Hall–Kier alpha value is -2.13. The number of carbonyl (C=O) groups excluding carboxylic acids is 1. The minimum absolute atomic E-state index is 0.0212. The van der Waals surface area contributed by atoms with Gasteiger partial charge < -0.3 is 19.9 Å². The highest BCUT2D eigenvalue weighted by Crippen LogP contribution is 2.31. The number of hydrazine groups is 1. The number of sulfonamides is 1. The molecule has 200 valence electrons. The third-order valence-electron chi connectivity index (χ3n) is 5.75. The van der Waals surface area contributed by atoms with Crippen LogP contribution in [0.2, 0.25) is 0 Å². The molecule has 2 fully saturated rings. The molecule has 1 aromatic rings. The first kappa shape index (κ1) is 28.4. The van der Waals surface area contributed by atoms with Crippen molar-refractivity contribution in [2.45, 2.75) is 41.6 Å². The third kappa shape index (κ3) is 6.79. The van der Waals surface area contributed by atoms with Crippen LogP contribution in [0.15, 0.2) is 29.2 Å². The van der Waals surface area contributed by atoms with E-state index in [1.807, 2.05) is 6.07 Å². The zero-order chi connectivity index (χ0) is 26.5. The number of nitrogens with one attached hydrogen (secondary N) is 1. The standard InChI is InChI=1S/C20H25F3N5O6S2/c1-33-16-2-4-17(5-3-16)36(31,32)26-9-6-14(7-10-26)28(30)25-8-11-27-15(12-24)13-35-19(27)34-18(29)20(21,22)23/h2-5,14-15,19,25H,6-11,13H2,1H3/q-1. The number of nitriles is 1. The molecule has 2 aliphatic heterocycles. The van der Waals surface area contributed by atoms with Gasteiger partial charge in [-0.1, -0.05) is 11.8 Å². The Balaban J connectivity index is 1.48. The van der Waals surface area contributed by atoms with Crippen LogP contribution < -0.4 is 10.2 Å². The summed E-state index contributed by atoms with van der Waals surface area (Å²) >= 11 is 0.889. The van der Waals surface area contributed by atoms with E-state index in [1.54, 1.807) is 12.1 Å². The molecule has 0 aromatic heterocycles. The maximum Gasteiger partial charge on any atom is 0.491 e. The number of hydrogen-bond donors (Lipinski definition) is 1. The van der Waals surface area contributed by atoms with Gasteiger partial charge in [-0.15, -0.1) is 0 Å². The van der Waals surface area contributed by atoms with Crippen molar-refractivity contribution in [3.05, 3.63) is 29.5 Å². The number of nitrogens with zero attached hydrogens (tertiary/aromatic N) is 4. The second-order valence-electron chi connectivity index (χ2n) is 7.97. The lowest BCUT2D eigenvalue weighted by atomic mass is 10.1. The number of hydrogen-bond acceptors (Lipinski definition) is 11. The highest BCUT2D eigenvalue weighted by molar-refractivity contribution is 8.00. The number of halogens is 3. The van der Waals surface area contributed by atoms with E-state index < -0.39 is 39.8 Å². The van der Waals surface area contributed by atoms with Crippen molar-refractivity contribution in [2.75, 3.05) is 39.0 Å². The molecule has 16 heteroatoms. The first-order valence-corrected chi connectivity index (χ1v) is 13.3. The summed E-state index contributed by atoms with van der Waals surface area (Å²) in [6.07, 6.45) is -4.63. The molecular formula is C20H25F3N5O6S2-. The van der Waals surface area contributed by atoms with Crippen molar-refractivity contribution < 1.29 is 35.9 Å². The highest BCUT2D eigenvalue weighted by atomic mass is 32.2. The molecule has 2 heterocycles. The van der Waals surface area contributed by atoms with Crippen molar-refractivity contribution in [1.82, 2.24) is 19.8 Å². The largest absolute Gasteiger partial charge is 0.771 e. The second-order valence-corrected chi connectivity index (χ2v) is 11.0. The number of carbonyl (C=O) groups is 1. The quantitative estimate of drug-likeness (QED) is 0.352. The fraction of sp³-hybridized carbons (Fsp3) is 0.600. The molecular weight excluding hydrogens is 527 g/mol. The van der Waals surface area contributed by atoms with E-state index in [2.05, 4.69) is 10.2 Å². The van der Waals surface area contributed by atoms with Gasteiger partial charge in [-0.3, -0.25) is 5.43 Å². The van der Waals surface area contributed by atoms with E-state index in [1.165, 1.54) is 28.4 Å². The van der Waals surface area contributed by atoms with Crippen LogP contribution in [-0.4, -0.2) is 91.6 Å². The van der Waals surface area contributed by atoms with Crippen molar-refractivity contribution >= 4 is 27.8 Å². The van der Waals surface area contributed by atoms with E-state index in [9.17, 15) is 36.9 Å². The van der Waals surface area contributed by atoms with Crippen molar-refractivity contribution in [3.8, 4) is 11.8 Å². The van der Waals surface area contributed by atoms with Crippen LogP contribution in [0.3, 0.4) is 0 Å². The molecule has 0 bridgehead atoms. The molecule has 2 saturated heterocycles. The number of alkyl halides is 3. The minimum atomic E-state index is -5.16. The number of hydroxylamine groups is 1. The minimum Gasteiger partial charge on any atom is -0.771 e. The molecule has 2 unspecified atom stereocenters. The van der Waals surface area contributed by atoms with Crippen LogP contribution in [0.1, 0.15) is 12.8 Å². The Morgan fingerprint density at radius 3 is 2.50 bits per heavy atom. The van der Waals surface area contributed by atoms with Gasteiger partial charge in [0.25, 0.3) is 0 Å². The molecule has 1 aromatic carbocycles. The van der Waals surface area contributed by atoms with E-state index in [4.69, 9.17) is 4.74 Å². The average Bonchev–Trinajstić information content (AvgIpc) is 3.24. The van der Waals surface area contributed by atoms with Crippen LogP contribution in [0.25, 0.3) is 0 Å². The number of piperidine rings is 1. The number of esters is 1. The zero-order valence-electron chi connectivity index (χ0n) is 19.2. The summed E-state index contributed by atoms with van der Waals surface area (Å²) in [4.78, 5) is 12.6. The highest BCUT2D eigenvalue weighted by Gasteiger charge is 2.45. The van der Waals surface area contributed by atoms with Gasteiger partial charge in [-0.2, -0.15) is 22.7 Å².